The molecular weight excluding hydrogens is 537 g/mol. The summed E-state index contributed by atoms with van der Waals surface area (Å²) in [6.07, 6.45) is 8.15. The van der Waals surface area contributed by atoms with Crippen LogP contribution in [0.5, 0.6) is 0 Å². The molecule has 2 aromatic carbocycles. The molecule has 0 saturated heterocycles. The maximum Gasteiger partial charge on any atom is 0.265 e. The van der Waals surface area contributed by atoms with Crippen molar-refractivity contribution in [2.24, 2.45) is 0 Å². The number of nitrogens with two attached hydrogens (primary N) is 1. The largest absolute Gasteiger partial charge is 0.392 e. The Morgan fingerprint density at radius 3 is 2.76 bits per heavy atom. The van der Waals surface area contributed by atoms with E-state index in [-0.39, 0.29) is 23.1 Å². The van der Waals surface area contributed by atoms with Gasteiger partial charge in [0, 0.05) is 30.1 Å². The summed E-state index contributed by atoms with van der Waals surface area (Å²) in [5, 5.41) is 18.5. The van der Waals surface area contributed by atoms with Crippen LogP contribution < -0.4 is 16.6 Å². The lowest BCUT2D eigenvalue weighted by molar-refractivity contribution is 0.282. The maximum absolute atomic E-state index is 15.2. The zero-order valence-corrected chi connectivity index (χ0v) is 23.5. The number of aryl methyl sites for hydroxylation is 1. The van der Waals surface area contributed by atoms with Crippen LogP contribution >= 0.6 is 0 Å². The number of anilines is 3. The summed E-state index contributed by atoms with van der Waals surface area (Å²) in [5.41, 5.74) is 8.37. The van der Waals surface area contributed by atoms with E-state index < -0.39 is 18.0 Å². The molecule has 0 aliphatic heterocycles. The fraction of sp³-hybridized carbons (Fsp3) is 0.300. The van der Waals surface area contributed by atoms with Crippen molar-refractivity contribution in [1.29, 1.82) is 0 Å². The number of benzene rings is 2. The molecule has 1 saturated carbocycles. The van der Waals surface area contributed by atoms with E-state index in [1.165, 1.54) is 10.6 Å². The zero-order chi connectivity index (χ0) is 29.4. The minimum absolute atomic E-state index is 0.00865. The number of rotatable bonds is 10. The average Bonchev–Trinajstić information content (AvgIpc) is 3.72. The average molecular weight is 570 g/mol. The molecule has 1 aliphatic rings. The van der Waals surface area contributed by atoms with E-state index in [0.29, 0.717) is 33.8 Å². The van der Waals surface area contributed by atoms with Crippen LogP contribution in [0.4, 0.5) is 22.0 Å². The summed E-state index contributed by atoms with van der Waals surface area (Å²) >= 11 is 0. The van der Waals surface area contributed by atoms with Gasteiger partial charge in [-0.05, 0) is 75.0 Å². The number of nitrogen functional groups attached to an aromatic ring is 1. The summed E-state index contributed by atoms with van der Waals surface area (Å²) < 4.78 is 18.3. The number of nitrogens with zero attached hydrogens (tertiary/aromatic N) is 7. The number of hydrogen-bond acceptors (Lipinski definition) is 9. The molecule has 0 bridgehead atoms. The topological polar surface area (TPSA) is 140 Å². The predicted molar refractivity (Wildman–Crippen MR) is 159 cm³/mol. The van der Waals surface area contributed by atoms with Gasteiger partial charge in [-0.15, -0.1) is 0 Å². The first-order valence-electron chi connectivity index (χ1n) is 13.8. The van der Waals surface area contributed by atoms with Gasteiger partial charge in [0.25, 0.3) is 5.56 Å². The van der Waals surface area contributed by atoms with Crippen LogP contribution in [0.1, 0.15) is 36.3 Å². The van der Waals surface area contributed by atoms with Crippen molar-refractivity contribution >= 4 is 28.4 Å². The molecule has 216 valence electrons. The fourth-order valence-corrected chi connectivity index (χ4v) is 5.17. The van der Waals surface area contributed by atoms with Crippen LogP contribution in [0.15, 0.2) is 59.8 Å². The Labute approximate surface area is 241 Å². The number of aliphatic hydroxyl groups is 1. The molecule has 0 radical (unpaired) electrons. The molecule has 42 heavy (non-hydrogen) atoms. The number of aliphatic hydroxyl groups excluding tert-OH is 1. The first-order chi connectivity index (χ1) is 20.3. The molecule has 0 unspecified atom stereocenters. The minimum Gasteiger partial charge on any atom is -0.392 e. The monoisotopic (exact) mass is 569 g/mol. The summed E-state index contributed by atoms with van der Waals surface area (Å²) in [6.45, 7) is 1.29. The molecule has 4 N–H and O–H groups in total. The van der Waals surface area contributed by atoms with E-state index in [2.05, 4.69) is 30.3 Å². The molecule has 12 heteroatoms. The molecule has 3 aromatic heterocycles. The number of halogens is 1. The van der Waals surface area contributed by atoms with E-state index in [1.807, 2.05) is 31.0 Å². The second-order valence-electron chi connectivity index (χ2n) is 10.8. The number of pyridine rings is 1. The fourth-order valence-electron chi connectivity index (χ4n) is 5.17. The van der Waals surface area contributed by atoms with Crippen LogP contribution in [-0.2, 0) is 13.2 Å². The molecule has 3 heterocycles. The Kier molecular flexibility index (Phi) is 7.40. The van der Waals surface area contributed by atoms with E-state index in [4.69, 9.17) is 5.73 Å². The van der Waals surface area contributed by atoms with Crippen molar-refractivity contribution in [3.63, 3.8) is 0 Å². The van der Waals surface area contributed by atoms with E-state index in [1.54, 1.807) is 36.7 Å². The van der Waals surface area contributed by atoms with Crippen LogP contribution in [0.3, 0.4) is 0 Å². The molecular formula is C30H32FN9O2. The summed E-state index contributed by atoms with van der Waals surface area (Å²) in [4.78, 5) is 28.7. The lowest BCUT2D eigenvalue weighted by Gasteiger charge is -2.16. The van der Waals surface area contributed by atoms with Gasteiger partial charge in [-0.25, -0.2) is 4.39 Å². The van der Waals surface area contributed by atoms with Crippen molar-refractivity contribution in [1.82, 2.24) is 34.2 Å². The SMILES string of the molecule is CN(C)CCCn1cc(Nc2nc(N)nc(-c3cccc(-n4ccc5cc(C6CC6)cc(F)c5c4=O)c3CO)n2)cn1. The Bertz CT molecular complexity index is 1830. The zero-order valence-electron chi connectivity index (χ0n) is 23.5. The van der Waals surface area contributed by atoms with Crippen molar-refractivity contribution in [2.75, 3.05) is 31.7 Å². The van der Waals surface area contributed by atoms with Gasteiger partial charge in [0.05, 0.1) is 29.6 Å². The third kappa shape index (κ3) is 5.58. The lowest BCUT2D eigenvalue weighted by atomic mass is 10.0. The minimum atomic E-state index is -0.544. The van der Waals surface area contributed by atoms with Crippen molar-refractivity contribution < 1.29 is 9.50 Å². The normalized spacial score (nSPS) is 13.3. The number of aromatic nitrogens is 6. The van der Waals surface area contributed by atoms with E-state index in [9.17, 15) is 9.90 Å². The van der Waals surface area contributed by atoms with Gasteiger partial charge >= 0.3 is 0 Å². The van der Waals surface area contributed by atoms with E-state index >= 15 is 4.39 Å². The van der Waals surface area contributed by atoms with Gasteiger partial charge in [-0.3, -0.25) is 14.0 Å². The standard InChI is InChI=1S/C30H32FN9O2/c1-38(2)10-4-11-39-16-21(15-33-39)34-30-36-27(35-29(32)37-30)22-5-3-6-25(23(22)17-41)40-12-9-19-13-20(18-7-8-18)14-24(31)26(19)28(40)42/h3,5-6,9,12-16,18,41H,4,7-8,10-11,17H2,1-2H3,(H3,32,34,35,36,37). The molecule has 6 rings (SSSR count). The van der Waals surface area contributed by atoms with Gasteiger partial charge < -0.3 is 21.1 Å². The van der Waals surface area contributed by atoms with Gasteiger partial charge in [-0.2, -0.15) is 20.1 Å². The molecule has 11 nitrogen and oxygen atoms in total. The Morgan fingerprint density at radius 2 is 2.00 bits per heavy atom. The second kappa shape index (κ2) is 11.3. The smallest absolute Gasteiger partial charge is 0.265 e. The second-order valence-corrected chi connectivity index (χ2v) is 10.8. The number of nitrogens with one attached hydrogen (secondary N) is 1. The number of hydrogen-bond donors (Lipinski definition) is 3. The van der Waals surface area contributed by atoms with Crippen LogP contribution in [-0.4, -0.2) is 59.9 Å². The molecule has 0 amide bonds. The lowest BCUT2D eigenvalue weighted by Crippen LogP contribution is -2.20. The molecule has 5 aromatic rings. The van der Waals surface area contributed by atoms with Crippen LogP contribution in [0, 0.1) is 5.82 Å². The highest BCUT2D eigenvalue weighted by atomic mass is 19.1. The number of fused-ring (bicyclic) bond motifs is 1. The van der Waals surface area contributed by atoms with Crippen molar-refractivity contribution in [3.8, 4) is 17.1 Å². The molecule has 1 fully saturated rings. The Morgan fingerprint density at radius 1 is 1.17 bits per heavy atom. The Hall–Kier alpha value is -4.68. The molecule has 0 spiro atoms. The van der Waals surface area contributed by atoms with E-state index in [0.717, 1.165) is 37.9 Å². The summed E-state index contributed by atoms with van der Waals surface area (Å²) in [7, 11) is 4.06. The van der Waals surface area contributed by atoms with Gasteiger partial charge in [0.2, 0.25) is 11.9 Å². The summed E-state index contributed by atoms with van der Waals surface area (Å²) in [6, 6.07) is 10.2. The van der Waals surface area contributed by atoms with Crippen molar-refractivity contribution in [2.45, 2.75) is 38.3 Å². The maximum atomic E-state index is 15.2. The first kappa shape index (κ1) is 27.5. The predicted octanol–water partition coefficient (Wildman–Crippen LogP) is 3.83. The highest BCUT2D eigenvalue weighted by Crippen LogP contribution is 2.41. The quantitative estimate of drug-likeness (QED) is 0.229. The molecule has 0 atom stereocenters. The van der Waals surface area contributed by atoms with Gasteiger partial charge in [-0.1, -0.05) is 18.2 Å². The highest BCUT2D eigenvalue weighted by Gasteiger charge is 2.25. The third-order valence-corrected chi connectivity index (χ3v) is 7.37. The Balaban J connectivity index is 1.33. The highest BCUT2D eigenvalue weighted by molar-refractivity contribution is 5.83. The molecule has 1 aliphatic carbocycles. The van der Waals surface area contributed by atoms with Crippen LogP contribution in [0.2, 0.25) is 0 Å². The van der Waals surface area contributed by atoms with Gasteiger partial charge in [0.1, 0.15) is 5.82 Å². The third-order valence-electron chi connectivity index (χ3n) is 7.37. The van der Waals surface area contributed by atoms with Crippen LogP contribution in [0.25, 0.3) is 27.8 Å². The van der Waals surface area contributed by atoms with Gasteiger partial charge in [0.15, 0.2) is 5.82 Å². The first-order valence-corrected chi connectivity index (χ1v) is 13.8. The van der Waals surface area contributed by atoms with Crippen molar-refractivity contribution in [3.05, 3.63) is 82.3 Å². The summed E-state index contributed by atoms with van der Waals surface area (Å²) in [5.74, 6) is 0.212.